The van der Waals surface area contributed by atoms with Crippen molar-refractivity contribution in [2.24, 2.45) is 10.9 Å². The molecule has 0 saturated carbocycles. The predicted octanol–water partition coefficient (Wildman–Crippen LogP) is 2.13. The van der Waals surface area contributed by atoms with Crippen LogP contribution < -0.4 is 10.6 Å². The second-order valence-corrected chi connectivity index (χ2v) is 5.93. The molecule has 1 heterocycles. The minimum Gasteiger partial charge on any atom is -0.357 e. The van der Waals surface area contributed by atoms with E-state index in [9.17, 15) is 0 Å². The number of hydrogen-bond acceptors (Lipinski definition) is 2. The zero-order valence-corrected chi connectivity index (χ0v) is 14.0. The Balaban J connectivity index is 1.75. The van der Waals surface area contributed by atoms with Crippen molar-refractivity contribution in [3.8, 4) is 0 Å². The molecule has 1 aliphatic heterocycles. The Hall–Kier alpha value is -1.55. The molecule has 1 aliphatic rings. The van der Waals surface area contributed by atoms with Gasteiger partial charge in [-0.1, -0.05) is 37.3 Å². The van der Waals surface area contributed by atoms with Crippen molar-refractivity contribution >= 4 is 5.96 Å². The van der Waals surface area contributed by atoms with Gasteiger partial charge in [-0.05, 0) is 44.3 Å². The highest BCUT2D eigenvalue weighted by Crippen LogP contribution is 2.15. The lowest BCUT2D eigenvalue weighted by Crippen LogP contribution is -2.38. The van der Waals surface area contributed by atoms with Gasteiger partial charge in [0, 0.05) is 26.2 Å². The van der Waals surface area contributed by atoms with E-state index in [-0.39, 0.29) is 0 Å². The normalized spacial score (nSPS) is 19.4. The van der Waals surface area contributed by atoms with Crippen LogP contribution in [-0.4, -0.2) is 50.1 Å². The van der Waals surface area contributed by atoms with Gasteiger partial charge in [0.1, 0.15) is 0 Å². The predicted molar refractivity (Wildman–Crippen MR) is 94.3 cm³/mol. The molecule has 0 radical (unpaired) electrons. The summed E-state index contributed by atoms with van der Waals surface area (Å²) in [6, 6.07) is 10.6. The molecule has 122 valence electrons. The van der Waals surface area contributed by atoms with Crippen LogP contribution in [0.25, 0.3) is 0 Å². The molecule has 0 bridgehead atoms. The molecule has 4 heteroatoms. The van der Waals surface area contributed by atoms with Crippen molar-refractivity contribution in [1.82, 2.24) is 15.5 Å². The molecule has 2 rings (SSSR count). The molecular formula is C18H30N4. The lowest BCUT2D eigenvalue weighted by Gasteiger charge is -2.14. The van der Waals surface area contributed by atoms with Crippen LogP contribution in [0.5, 0.6) is 0 Å². The summed E-state index contributed by atoms with van der Waals surface area (Å²) in [4.78, 5) is 7.27. The quantitative estimate of drug-likeness (QED) is 0.599. The third-order valence-corrected chi connectivity index (χ3v) is 4.22. The molecule has 1 atom stereocenters. The molecule has 1 unspecified atom stereocenters. The van der Waals surface area contributed by atoms with Crippen molar-refractivity contribution in [1.29, 1.82) is 0 Å². The first-order chi connectivity index (χ1) is 10.8. The SMILES string of the molecule is CCNC(=NCC1CCN(CC)C1)NCCc1ccccc1. The third-order valence-electron chi connectivity index (χ3n) is 4.22. The number of likely N-dealkylation sites (tertiary alicyclic amines) is 1. The Morgan fingerprint density at radius 2 is 2.05 bits per heavy atom. The molecule has 1 aromatic carbocycles. The van der Waals surface area contributed by atoms with Crippen molar-refractivity contribution in [3.63, 3.8) is 0 Å². The molecule has 0 amide bonds. The van der Waals surface area contributed by atoms with E-state index in [1.54, 1.807) is 0 Å². The highest BCUT2D eigenvalue weighted by atomic mass is 15.2. The number of nitrogens with zero attached hydrogens (tertiary/aromatic N) is 2. The molecule has 0 aromatic heterocycles. The van der Waals surface area contributed by atoms with Crippen LogP contribution in [-0.2, 0) is 6.42 Å². The van der Waals surface area contributed by atoms with E-state index in [2.05, 4.69) is 59.7 Å². The zero-order valence-electron chi connectivity index (χ0n) is 14.0. The summed E-state index contributed by atoms with van der Waals surface area (Å²) in [5, 5.41) is 6.79. The molecule has 1 aromatic rings. The van der Waals surface area contributed by atoms with E-state index in [1.807, 2.05) is 0 Å². The van der Waals surface area contributed by atoms with Crippen LogP contribution in [0, 0.1) is 5.92 Å². The average Bonchev–Trinajstić information content (AvgIpc) is 3.02. The minimum absolute atomic E-state index is 0.713. The fourth-order valence-corrected chi connectivity index (χ4v) is 2.88. The average molecular weight is 302 g/mol. The molecule has 2 N–H and O–H groups in total. The monoisotopic (exact) mass is 302 g/mol. The Morgan fingerprint density at radius 3 is 2.73 bits per heavy atom. The van der Waals surface area contributed by atoms with Crippen LogP contribution in [0.3, 0.4) is 0 Å². The molecule has 1 saturated heterocycles. The van der Waals surface area contributed by atoms with Crippen molar-refractivity contribution in [3.05, 3.63) is 35.9 Å². The molecule has 0 aliphatic carbocycles. The van der Waals surface area contributed by atoms with E-state index < -0.39 is 0 Å². The number of benzene rings is 1. The van der Waals surface area contributed by atoms with Crippen LogP contribution in [0.2, 0.25) is 0 Å². The topological polar surface area (TPSA) is 39.7 Å². The van der Waals surface area contributed by atoms with Gasteiger partial charge in [-0.2, -0.15) is 0 Å². The van der Waals surface area contributed by atoms with Crippen LogP contribution in [0.1, 0.15) is 25.8 Å². The lowest BCUT2D eigenvalue weighted by molar-refractivity contribution is 0.343. The highest BCUT2D eigenvalue weighted by Gasteiger charge is 2.20. The van der Waals surface area contributed by atoms with Gasteiger partial charge < -0.3 is 15.5 Å². The van der Waals surface area contributed by atoms with E-state index in [0.717, 1.165) is 38.6 Å². The van der Waals surface area contributed by atoms with Gasteiger partial charge in [0.25, 0.3) is 0 Å². The van der Waals surface area contributed by atoms with E-state index in [0.29, 0.717) is 5.92 Å². The zero-order chi connectivity index (χ0) is 15.6. The third kappa shape index (κ3) is 5.68. The summed E-state index contributed by atoms with van der Waals surface area (Å²) < 4.78 is 0. The summed E-state index contributed by atoms with van der Waals surface area (Å²) in [5.41, 5.74) is 1.36. The first kappa shape index (κ1) is 16.8. The van der Waals surface area contributed by atoms with Gasteiger partial charge in [0.2, 0.25) is 0 Å². The Labute approximate surface area is 135 Å². The summed E-state index contributed by atoms with van der Waals surface area (Å²) in [5.74, 6) is 1.66. The number of aliphatic imine (C=N–C) groups is 1. The lowest BCUT2D eigenvalue weighted by atomic mass is 10.1. The molecule has 1 fully saturated rings. The van der Waals surface area contributed by atoms with Crippen LogP contribution >= 0.6 is 0 Å². The number of rotatable bonds is 7. The van der Waals surface area contributed by atoms with Gasteiger partial charge in [-0.25, -0.2) is 0 Å². The minimum atomic E-state index is 0.713. The van der Waals surface area contributed by atoms with Gasteiger partial charge in [0.05, 0.1) is 0 Å². The standard InChI is InChI=1S/C18H30N4/c1-3-19-18(20-12-10-16-8-6-5-7-9-16)21-14-17-11-13-22(4-2)15-17/h5-9,17H,3-4,10-15H2,1-2H3,(H2,19,20,21). The van der Waals surface area contributed by atoms with Crippen LogP contribution in [0.15, 0.2) is 35.3 Å². The Morgan fingerprint density at radius 1 is 1.23 bits per heavy atom. The summed E-state index contributed by atoms with van der Waals surface area (Å²) in [6.07, 6.45) is 2.30. The first-order valence-electron chi connectivity index (χ1n) is 8.60. The maximum absolute atomic E-state index is 4.76. The van der Waals surface area contributed by atoms with Crippen molar-refractivity contribution < 1.29 is 0 Å². The van der Waals surface area contributed by atoms with Gasteiger partial charge in [-0.15, -0.1) is 0 Å². The van der Waals surface area contributed by atoms with Gasteiger partial charge >= 0.3 is 0 Å². The Kier molecular flexibility index (Phi) is 7.23. The van der Waals surface area contributed by atoms with Crippen LogP contribution in [0.4, 0.5) is 0 Å². The maximum Gasteiger partial charge on any atom is 0.191 e. The summed E-state index contributed by atoms with van der Waals surface area (Å²) in [6.45, 7) is 10.7. The maximum atomic E-state index is 4.76. The first-order valence-corrected chi connectivity index (χ1v) is 8.60. The molecule has 0 spiro atoms. The number of nitrogens with one attached hydrogen (secondary N) is 2. The number of hydrogen-bond donors (Lipinski definition) is 2. The summed E-state index contributed by atoms with van der Waals surface area (Å²) in [7, 11) is 0. The second kappa shape index (κ2) is 9.46. The Bertz CT molecular complexity index is 444. The van der Waals surface area contributed by atoms with Gasteiger partial charge in [0.15, 0.2) is 5.96 Å². The molecule has 4 nitrogen and oxygen atoms in total. The fourth-order valence-electron chi connectivity index (χ4n) is 2.88. The molecular weight excluding hydrogens is 272 g/mol. The summed E-state index contributed by atoms with van der Waals surface area (Å²) >= 11 is 0. The number of guanidine groups is 1. The highest BCUT2D eigenvalue weighted by molar-refractivity contribution is 5.79. The van der Waals surface area contributed by atoms with E-state index in [4.69, 9.17) is 4.99 Å². The largest absolute Gasteiger partial charge is 0.357 e. The van der Waals surface area contributed by atoms with Crippen molar-refractivity contribution in [2.45, 2.75) is 26.7 Å². The second-order valence-electron chi connectivity index (χ2n) is 5.93. The fraction of sp³-hybridized carbons (Fsp3) is 0.611. The van der Waals surface area contributed by atoms with Crippen molar-refractivity contribution in [2.75, 3.05) is 39.3 Å². The smallest absolute Gasteiger partial charge is 0.191 e. The molecule has 22 heavy (non-hydrogen) atoms. The van der Waals surface area contributed by atoms with Gasteiger partial charge in [-0.3, -0.25) is 4.99 Å². The van der Waals surface area contributed by atoms with E-state index >= 15 is 0 Å². The van der Waals surface area contributed by atoms with E-state index in [1.165, 1.54) is 25.1 Å².